The molecule has 1 aromatic heterocycles. The van der Waals surface area contributed by atoms with Gasteiger partial charge in [-0.3, -0.25) is 15.1 Å². The summed E-state index contributed by atoms with van der Waals surface area (Å²) in [6.07, 6.45) is 2.53. The lowest BCUT2D eigenvalue weighted by Gasteiger charge is -2.38. The van der Waals surface area contributed by atoms with E-state index in [1.807, 2.05) is 6.07 Å². The van der Waals surface area contributed by atoms with Crippen molar-refractivity contribution >= 4 is 17.2 Å². The van der Waals surface area contributed by atoms with Crippen LogP contribution in [0.5, 0.6) is 0 Å². The third-order valence-electron chi connectivity index (χ3n) is 4.58. The number of amides is 1. The van der Waals surface area contributed by atoms with E-state index in [1.165, 1.54) is 34.6 Å². The van der Waals surface area contributed by atoms with Crippen LogP contribution in [0.15, 0.2) is 6.07 Å². The number of nitrogens with zero attached hydrogens (tertiary/aromatic N) is 1. The van der Waals surface area contributed by atoms with Crippen LogP contribution in [0.3, 0.4) is 0 Å². The van der Waals surface area contributed by atoms with Crippen LogP contribution in [-0.2, 0) is 6.54 Å². The predicted octanol–water partition coefficient (Wildman–Crippen LogP) is 2.92. The highest BCUT2D eigenvalue weighted by Gasteiger charge is 2.29. The van der Waals surface area contributed by atoms with Crippen molar-refractivity contribution in [2.24, 2.45) is 17.2 Å². The summed E-state index contributed by atoms with van der Waals surface area (Å²) >= 11 is 1.52. The van der Waals surface area contributed by atoms with Crippen LogP contribution < -0.4 is 11.3 Å². The summed E-state index contributed by atoms with van der Waals surface area (Å²) in [6, 6.07) is 1.98. The molecule has 0 spiro atoms. The molecule has 4 nitrogen and oxygen atoms in total. The molecule has 0 aromatic carbocycles. The Balaban J connectivity index is 1.95. The first-order valence-electron chi connectivity index (χ1n) is 7.64. The molecule has 1 aromatic rings. The molecule has 3 N–H and O–H groups in total. The van der Waals surface area contributed by atoms with E-state index < -0.39 is 0 Å². The Labute approximate surface area is 131 Å². The Bertz CT molecular complexity index is 496. The first-order chi connectivity index (χ1) is 9.81. The number of hydrogen-bond acceptors (Lipinski definition) is 4. The number of nitrogen functional groups attached to an aromatic ring is 1. The molecule has 2 rings (SSSR count). The summed E-state index contributed by atoms with van der Waals surface area (Å²) in [7, 11) is 0. The molecule has 118 valence electrons. The number of rotatable bonds is 3. The molecule has 1 aliphatic rings. The van der Waals surface area contributed by atoms with Crippen molar-refractivity contribution in [1.82, 2.24) is 10.3 Å². The molecule has 0 radical (unpaired) electrons. The van der Waals surface area contributed by atoms with Crippen molar-refractivity contribution in [2.75, 3.05) is 13.1 Å². The quantitative estimate of drug-likeness (QED) is 0.513. The Hall–Kier alpha value is -0.910. The van der Waals surface area contributed by atoms with E-state index in [9.17, 15) is 4.79 Å². The van der Waals surface area contributed by atoms with Crippen LogP contribution in [-0.4, -0.2) is 23.9 Å². The Morgan fingerprint density at radius 3 is 2.57 bits per heavy atom. The summed E-state index contributed by atoms with van der Waals surface area (Å²) in [6.45, 7) is 12.3. The van der Waals surface area contributed by atoms with Crippen LogP contribution in [0.4, 0.5) is 0 Å². The number of hydrogen-bond donors (Lipinski definition) is 2. The molecule has 1 saturated heterocycles. The van der Waals surface area contributed by atoms with Crippen molar-refractivity contribution in [3.8, 4) is 0 Å². The number of carbonyl (C=O) groups excluding carboxylic acids is 1. The van der Waals surface area contributed by atoms with Crippen LogP contribution >= 0.6 is 11.3 Å². The van der Waals surface area contributed by atoms with Crippen molar-refractivity contribution in [1.29, 1.82) is 0 Å². The normalized spacial score (nSPS) is 18.0. The summed E-state index contributed by atoms with van der Waals surface area (Å²) in [5.74, 6) is 5.82. The molecular weight excluding hydrogens is 282 g/mol. The largest absolute Gasteiger partial charge is 0.299 e. The summed E-state index contributed by atoms with van der Waals surface area (Å²) in [5, 5.41) is 0. The van der Waals surface area contributed by atoms with E-state index in [1.54, 1.807) is 0 Å². The van der Waals surface area contributed by atoms with Crippen LogP contribution in [0.25, 0.3) is 0 Å². The molecule has 1 fully saturated rings. The molecule has 0 saturated carbocycles. The smallest absolute Gasteiger partial charge is 0.275 e. The fourth-order valence-electron chi connectivity index (χ4n) is 3.06. The van der Waals surface area contributed by atoms with Gasteiger partial charge in [-0.2, -0.15) is 0 Å². The second-order valence-electron chi connectivity index (χ2n) is 7.08. The molecule has 0 unspecified atom stereocenters. The van der Waals surface area contributed by atoms with Gasteiger partial charge in [-0.15, -0.1) is 11.3 Å². The lowest BCUT2D eigenvalue weighted by atomic mass is 9.75. The molecule has 1 aliphatic heterocycles. The van der Waals surface area contributed by atoms with E-state index in [2.05, 4.69) is 38.0 Å². The Morgan fingerprint density at radius 2 is 2.05 bits per heavy atom. The van der Waals surface area contributed by atoms with E-state index in [4.69, 9.17) is 5.84 Å². The van der Waals surface area contributed by atoms with Gasteiger partial charge < -0.3 is 0 Å². The number of piperidine rings is 1. The number of nitrogens with one attached hydrogen (secondary N) is 1. The van der Waals surface area contributed by atoms with Gasteiger partial charge in [0.25, 0.3) is 5.91 Å². The molecule has 0 atom stereocenters. The first-order valence-corrected chi connectivity index (χ1v) is 8.45. The minimum atomic E-state index is -0.194. The van der Waals surface area contributed by atoms with E-state index in [0.717, 1.165) is 25.6 Å². The maximum absolute atomic E-state index is 11.6. The maximum atomic E-state index is 11.6. The number of aryl methyl sites for hydroxylation is 1. The first kappa shape index (κ1) is 16.5. The second kappa shape index (κ2) is 6.46. The fraction of sp³-hybridized carbons (Fsp3) is 0.688. The molecular formula is C16H27N3OS. The summed E-state index contributed by atoms with van der Waals surface area (Å²) in [5.41, 5.74) is 3.88. The number of nitrogens with two attached hydrogens (primary N) is 1. The average molecular weight is 309 g/mol. The zero-order chi connectivity index (χ0) is 15.6. The minimum Gasteiger partial charge on any atom is -0.299 e. The van der Waals surface area contributed by atoms with Crippen LogP contribution in [0.1, 0.15) is 53.7 Å². The molecule has 0 bridgehead atoms. The van der Waals surface area contributed by atoms with Crippen molar-refractivity contribution in [3.63, 3.8) is 0 Å². The van der Waals surface area contributed by atoms with Crippen LogP contribution in [0, 0.1) is 18.3 Å². The van der Waals surface area contributed by atoms with Gasteiger partial charge in [0.1, 0.15) is 0 Å². The Kier molecular flexibility index (Phi) is 5.07. The van der Waals surface area contributed by atoms with Gasteiger partial charge in [-0.05, 0) is 55.8 Å². The molecule has 21 heavy (non-hydrogen) atoms. The van der Waals surface area contributed by atoms with E-state index in [-0.39, 0.29) is 5.91 Å². The molecule has 2 heterocycles. The monoisotopic (exact) mass is 309 g/mol. The lowest BCUT2D eigenvalue weighted by molar-refractivity contribution is 0.0957. The highest BCUT2D eigenvalue weighted by atomic mass is 32.1. The topological polar surface area (TPSA) is 58.4 Å². The average Bonchev–Trinajstić information content (AvgIpc) is 2.79. The third-order valence-corrected chi connectivity index (χ3v) is 5.67. The van der Waals surface area contributed by atoms with Gasteiger partial charge in [-0.25, -0.2) is 5.84 Å². The minimum absolute atomic E-state index is 0.194. The maximum Gasteiger partial charge on any atom is 0.275 e. The molecule has 0 aliphatic carbocycles. The highest BCUT2D eigenvalue weighted by molar-refractivity contribution is 7.14. The van der Waals surface area contributed by atoms with Gasteiger partial charge >= 0.3 is 0 Å². The van der Waals surface area contributed by atoms with Gasteiger partial charge in [-0.1, -0.05) is 20.8 Å². The number of carbonyl (C=O) groups is 1. The Morgan fingerprint density at radius 1 is 1.43 bits per heavy atom. The molecule has 1 amide bonds. The van der Waals surface area contributed by atoms with E-state index in [0.29, 0.717) is 10.3 Å². The highest BCUT2D eigenvalue weighted by Crippen LogP contribution is 2.35. The predicted molar refractivity (Wildman–Crippen MR) is 88.2 cm³/mol. The van der Waals surface area contributed by atoms with Crippen molar-refractivity contribution < 1.29 is 4.79 Å². The number of hydrazine groups is 1. The summed E-state index contributed by atoms with van der Waals surface area (Å²) < 4.78 is 0. The standard InChI is InChI=1S/C16H27N3OS/c1-11-12(9-14(21-11)15(20)18-17)10-19-7-5-13(6-8-19)16(2,3)4/h9,13H,5-8,10,17H2,1-4H3,(H,18,20). The van der Waals surface area contributed by atoms with Gasteiger partial charge in [0.2, 0.25) is 0 Å². The number of likely N-dealkylation sites (tertiary alicyclic amines) is 1. The SMILES string of the molecule is Cc1sc(C(=O)NN)cc1CN1CCC(C(C)(C)C)CC1. The van der Waals surface area contributed by atoms with Crippen molar-refractivity contribution in [2.45, 2.75) is 47.1 Å². The van der Waals surface area contributed by atoms with Crippen molar-refractivity contribution in [3.05, 3.63) is 21.4 Å². The zero-order valence-electron chi connectivity index (χ0n) is 13.5. The third kappa shape index (κ3) is 4.05. The van der Waals surface area contributed by atoms with Crippen LogP contribution in [0.2, 0.25) is 0 Å². The number of thiophene rings is 1. The zero-order valence-corrected chi connectivity index (χ0v) is 14.3. The van der Waals surface area contributed by atoms with E-state index >= 15 is 0 Å². The van der Waals surface area contributed by atoms with Gasteiger partial charge in [0, 0.05) is 11.4 Å². The lowest BCUT2D eigenvalue weighted by Crippen LogP contribution is -2.37. The second-order valence-corrected chi connectivity index (χ2v) is 8.34. The molecule has 5 heteroatoms. The fourth-order valence-corrected chi connectivity index (χ4v) is 4.00. The van der Waals surface area contributed by atoms with Gasteiger partial charge in [0.05, 0.1) is 4.88 Å². The summed E-state index contributed by atoms with van der Waals surface area (Å²) in [4.78, 5) is 16.0. The van der Waals surface area contributed by atoms with Gasteiger partial charge in [0.15, 0.2) is 0 Å².